The molecular weight excluding hydrogens is 302 g/mol. The quantitative estimate of drug-likeness (QED) is 0.809. The molecule has 1 aromatic heterocycles. The van der Waals surface area contributed by atoms with Gasteiger partial charge in [0.05, 0.1) is 11.1 Å². The lowest BCUT2D eigenvalue weighted by molar-refractivity contribution is -0.131. The molecule has 0 aliphatic rings. The van der Waals surface area contributed by atoms with E-state index >= 15 is 0 Å². The second-order valence-corrected chi connectivity index (χ2v) is 6.10. The maximum Gasteiger partial charge on any atom is 0.328 e. The maximum atomic E-state index is 12.1. The van der Waals surface area contributed by atoms with Crippen LogP contribution < -0.4 is 4.72 Å². The van der Waals surface area contributed by atoms with E-state index in [1.807, 2.05) is 0 Å². The number of carboxylic acid groups (broad SMARTS) is 1. The molecule has 7 nitrogen and oxygen atoms in total. The van der Waals surface area contributed by atoms with Crippen molar-refractivity contribution in [2.24, 2.45) is 0 Å². The Kier molecular flexibility index (Phi) is 4.11. The second kappa shape index (κ2) is 5.80. The van der Waals surface area contributed by atoms with E-state index in [1.54, 1.807) is 6.07 Å². The molecule has 1 aromatic carbocycles. The van der Waals surface area contributed by atoms with Gasteiger partial charge in [-0.15, -0.1) is 5.10 Å². The van der Waals surface area contributed by atoms with Gasteiger partial charge in [0.1, 0.15) is 5.00 Å². The van der Waals surface area contributed by atoms with Crippen molar-refractivity contribution in [2.75, 3.05) is 4.72 Å². The van der Waals surface area contributed by atoms with Gasteiger partial charge >= 0.3 is 5.97 Å². The Morgan fingerprint density at radius 2 is 2.20 bits per heavy atom. The fraction of sp³-hybridized carbons (Fsp3) is 0. The van der Waals surface area contributed by atoms with E-state index in [0.717, 1.165) is 17.6 Å². The molecule has 20 heavy (non-hydrogen) atoms. The van der Waals surface area contributed by atoms with Crippen LogP contribution in [-0.4, -0.2) is 29.1 Å². The summed E-state index contributed by atoms with van der Waals surface area (Å²) in [5, 5.41) is 12.4. The Morgan fingerprint density at radius 3 is 2.85 bits per heavy atom. The van der Waals surface area contributed by atoms with Gasteiger partial charge in [-0.2, -0.15) is 0 Å². The number of aliphatic carboxylic acids is 1. The van der Waals surface area contributed by atoms with Crippen LogP contribution in [0.25, 0.3) is 6.08 Å². The Hall–Kier alpha value is -2.26. The zero-order valence-corrected chi connectivity index (χ0v) is 11.6. The number of carboxylic acids is 1. The number of rotatable bonds is 5. The monoisotopic (exact) mass is 311 g/mol. The van der Waals surface area contributed by atoms with Crippen molar-refractivity contribution in [3.05, 3.63) is 42.1 Å². The zero-order valence-electron chi connectivity index (χ0n) is 9.92. The summed E-state index contributed by atoms with van der Waals surface area (Å²) in [5.74, 6) is -1.10. The topological polar surface area (TPSA) is 109 Å². The predicted molar refractivity (Wildman–Crippen MR) is 73.8 cm³/mol. The molecule has 2 aromatic rings. The van der Waals surface area contributed by atoms with E-state index in [-0.39, 0.29) is 4.90 Å². The summed E-state index contributed by atoms with van der Waals surface area (Å²) in [4.78, 5) is 10.5. The van der Waals surface area contributed by atoms with Gasteiger partial charge in [-0.3, -0.25) is 4.72 Å². The van der Waals surface area contributed by atoms with E-state index in [1.165, 1.54) is 30.5 Å². The molecule has 104 valence electrons. The highest BCUT2D eigenvalue weighted by atomic mass is 32.2. The maximum absolute atomic E-state index is 12.1. The first-order chi connectivity index (χ1) is 9.47. The van der Waals surface area contributed by atoms with Crippen molar-refractivity contribution in [3.8, 4) is 0 Å². The molecular formula is C11H9N3O4S2. The molecule has 0 aliphatic heterocycles. The Morgan fingerprint density at radius 1 is 1.40 bits per heavy atom. The van der Waals surface area contributed by atoms with E-state index in [9.17, 15) is 13.2 Å². The number of nitrogens with one attached hydrogen (secondary N) is 1. The summed E-state index contributed by atoms with van der Waals surface area (Å²) < 4.78 is 30.1. The van der Waals surface area contributed by atoms with Crippen LogP contribution in [0.15, 0.2) is 41.4 Å². The van der Waals surface area contributed by atoms with E-state index in [4.69, 9.17) is 5.11 Å². The fourth-order valence-corrected chi connectivity index (χ4v) is 3.10. The minimum atomic E-state index is -3.75. The molecule has 0 bridgehead atoms. The first-order valence-corrected chi connectivity index (χ1v) is 7.54. The van der Waals surface area contributed by atoms with Gasteiger partial charge in [-0.25, -0.2) is 13.2 Å². The third kappa shape index (κ3) is 3.62. The Balaban J connectivity index is 2.28. The highest BCUT2D eigenvalue weighted by molar-refractivity contribution is 7.93. The van der Waals surface area contributed by atoms with Gasteiger partial charge in [0.2, 0.25) is 0 Å². The smallest absolute Gasteiger partial charge is 0.328 e. The second-order valence-electron chi connectivity index (χ2n) is 3.63. The summed E-state index contributed by atoms with van der Waals surface area (Å²) in [6.45, 7) is 0. The molecule has 2 N–H and O–H groups in total. The van der Waals surface area contributed by atoms with Crippen molar-refractivity contribution >= 4 is 38.6 Å². The number of sulfonamides is 1. The number of carbonyl (C=O) groups is 1. The van der Waals surface area contributed by atoms with Crippen LogP contribution in [-0.2, 0) is 14.8 Å². The van der Waals surface area contributed by atoms with E-state index < -0.39 is 16.0 Å². The molecule has 2 rings (SSSR count). The van der Waals surface area contributed by atoms with Crippen LogP contribution in [0.5, 0.6) is 0 Å². The lowest BCUT2D eigenvalue weighted by atomic mass is 10.2. The minimum absolute atomic E-state index is 0.0263. The molecule has 0 aliphatic carbocycles. The normalized spacial score (nSPS) is 11.6. The SMILES string of the molecule is O=C(O)/C=C/c1cccc(S(=O)(=O)Nc2cnns2)c1. The van der Waals surface area contributed by atoms with Crippen LogP contribution in [0.4, 0.5) is 5.00 Å². The number of anilines is 1. The first kappa shape index (κ1) is 14.2. The van der Waals surface area contributed by atoms with Crippen LogP contribution in [0.2, 0.25) is 0 Å². The van der Waals surface area contributed by atoms with Gasteiger partial charge in [0.15, 0.2) is 0 Å². The molecule has 0 saturated carbocycles. The summed E-state index contributed by atoms with van der Waals surface area (Å²) in [6.07, 6.45) is 3.55. The molecule has 0 saturated heterocycles. The number of hydrogen-bond donors (Lipinski definition) is 2. The molecule has 1 heterocycles. The first-order valence-electron chi connectivity index (χ1n) is 5.28. The third-order valence-electron chi connectivity index (χ3n) is 2.18. The summed E-state index contributed by atoms with van der Waals surface area (Å²) >= 11 is 0.920. The van der Waals surface area contributed by atoms with Crippen molar-refractivity contribution in [1.29, 1.82) is 0 Å². The molecule has 0 spiro atoms. The number of aromatic nitrogens is 2. The number of hydrogen-bond acceptors (Lipinski definition) is 6. The molecule has 0 unspecified atom stereocenters. The molecule has 0 fully saturated rings. The van der Waals surface area contributed by atoms with E-state index in [2.05, 4.69) is 14.3 Å². The van der Waals surface area contributed by atoms with E-state index in [0.29, 0.717) is 10.6 Å². The zero-order chi connectivity index (χ0) is 14.6. The van der Waals surface area contributed by atoms with Gasteiger partial charge in [-0.05, 0) is 23.8 Å². The average Bonchev–Trinajstić information content (AvgIpc) is 2.89. The predicted octanol–water partition coefficient (Wildman–Crippen LogP) is 1.44. The lowest BCUT2D eigenvalue weighted by Gasteiger charge is -2.05. The Labute approximate surface area is 118 Å². The van der Waals surface area contributed by atoms with Crippen molar-refractivity contribution in [1.82, 2.24) is 9.59 Å². The third-order valence-corrected chi connectivity index (χ3v) is 4.26. The average molecular weight is 311 g/mol. The Bertz CT molecular complexity index is 739. The summed E-state index contributed by atoms with van der Waals surface area (Å²) in [7, 11) is -3.75. The lowest BCUT2D eigenvalue weighted by Crippen LogP contribution is -2.12. The van der Waals surface area contributed by atoms with Crippen molar-refractivity contribution in [2.45, 2.75) is 4.90 Å². The minimum Gasteiger partial charge on any atom is -0.478 e. The number of nitrogens with zero attached hydrogens (tertiary/aromatic N) is 2. The molecule has 0 atom stereocenters. The van der Waals surface area contributed by atoms with Gasteiger partial charge in [0, 0.05) is 17.6 Å². The standard InChI is InChI=1S/C11H9N3O4S2/c15-11(16)5-4-8-2-1-3-9(6-8)20(17,18)13-10-7-12-14-19-10/h1-7,13H,(H,15,16)/b5-4+. The van der Waals surface area contributed by atoms with Crippen molar-refractivity contribution < 1.29 is 18.3 Å². The van der Waals surface area contributed by atoms with Gasteiger partial charge in [0.25, 0.3) is 10.0 Å². The highest BCUT2D eigenvalue weighted by Gasteiger charge is 2.15. The molecule has 9 heteroatoms. The van der Waals surface area contributed by atoms with Crippen LogP contribution >= 0.6 is 11.5 Å². The summed E-state index contributed by atoms with van der Waals surface area (Å²) in [6, 6.07) is 5.92. The summed E-state index contributed by atoms with van der Waals surface area (Å²) in [5.41, 5.74) is 0.470. The van der Waals surface area contributed by atoms with Gasteiger partial charge in [-0.1, -0.05) is 16.6 Å². The fourth-order valence-electron chi connectivity index (χ4n) is 1.36. The van der Waals surface area contributed by atoms with Crippen LogP contribution in [0.1, 0.15) is 5.56 Å². The highest BCUT2D eigenvalue weighted by Crippen LogP contribution is 2.18. The van der Waals surface area contributed by atoms with Crippen molar-refractivity contribution in [3.63, 3.8) is 0 Å². The molecule has 0 radical (unpaired) electrons. The van der Waals surface area contributed by atoms with Crippen LogP contribution in [0, 0.1) is 0 Å². The molecule has 0 amide bonds. The van der Waals surface area contributed by atoms with Gasteiger partial charge < -0.3 is 5.11 Å². The van der Waals surface area contributed by atoms with Crippen LogP contribution in [0.3, 0.4) is 0 Å². The largest absolute Gasteiger partial charge is 0.478 e. The number of benzene rings is 1.